The van der Waals surface area contributed by atoms with Crippen LogP contribution in [0.5, 0.6) is 0 Å². The van der Waals surface area contributed by atoms with Crippen molar-refractivity contribution < 1.29 is 22.7 Å². The lowest BCUT2D eigenvalue weighted by Crippen LogP contribution is -2.32. The maximum atomic E-state index is 12.6. The second-order valence-corrected chi connectivity index (χ2v) is 7.72. The lowest BCUT2D eigenvalue weighted by Gasteiger charge is -2.22. The molecule has 12 heteroatoms. The van der Waals surface area contributed by atoms with Crippen molar-refractivity contribution in [2.24, 2.45) is 7.05 Å². The first-order valence-electron chi connectivity index (χ1n) is 9.43. The minimum atomic E-state index is -4.45. The molecule has 1 fully saturated rings. The van der Waals surface area contributed by atoms with E-state index in [4.69, 9.17) is 22.1 Å². The van der Waals surface area contributed by atoms with Crippen LogP contribution in [0, 0.1) is 0 Å². The van der Waals surface area contributed by atoms with Gasteiger partial charge in [0, 0.05) is 13.1 Å². The molecule has 2 aromatic rings. The number of anilines is 3. The van der Waals surface area contributed by atoms with E-state index in [1.54, 1.807) is 0 Å². The highest BCUT2D eigenvalue weighted by atomic mass is 35.5. The van der Waals surface area contributed by atoms with Crippen LogP contribution >= 0.6 is 11.6 Å². The molecule has 31 heavy (non-hydrogen) atoms. The Morgan fingerprint density at radius 2 is 2.00 bits per heavy atom. The predicted molar refractivity (Wildman–Crippen MR) is 110 cm³/mol. The van der Waals surface area contributed by atoms with Gasteiger partial charge in [-0.3, -0.25) is 9.88 Å². The smallest absolute Gasteiger partial charge is 0.416 e. The molecule has 1 amide bonds. The standard InChI is InChI=1S/C19H21ClF3N5O3/c1-28-16(25-13-4-2-3-12(13)20)14(15(24)27-17(28)29)26-18(30)31-9-10-5-7-11(8-6-10)19(21,22)23/h5-8,12-13,25H,2-4,9H2,1H3,(H,26,30)(H2,24,27,29)/t12-,13+/m0/s1. The zero-order valence-corrected chi connectivity index (χ0v) is 17.3. The van der Waals surface area contributed by atoms with Crippen molar-refractivity contribution in [3.05, 3.63) is 45.9 Å². The SMILES string of the molecule is Cn1c(N[C@@H]2CCC[C@@H]2Cl)c(NC(=O)OCc2ccc(C(F)(F)F)cc2)c(N)nc1=O. The lowest BCUT2D eigenvalue weighted by molar-refractivity contribution is -0.137. The molecule has 1 aliphatic rings. The fourth-order valence-corrected chi connectivity index (χ4v) is 3.58. The molecule has 0 saturated heterocycles. The quantitative estimate of drug-likeness (QED) is 0.588. The first kappa shape index (κ1) is 22.7. The van der Waals surface area contributed by atoms with Crippen molar-refractivity contribution in [3.8, 4) is 0 Å². The third-order valence-corrected chi connectivity index (χ3v) is 5.49. The first-order valence-corrected chi connectivity index (χ1v) is 9.87. The van der Waals surface area contributed by atoms with E-state index in [1.165, 1.54) is 23.7 Å². The number of halogens is 4. The lowest BCUT2D eigenvalue weighted by atomic mass is 10.1. The van der Waals surface area contributed by atoms with Crippen LogP contribution in [0.1, 0.15) is 30.4 Å². The van der Waals surface area contributed by atoms with Gasteiger partial charge in [-0.2, -0.15) is 18.2 Å². The minimum absolute atomic E-state index is 0.0512. The molecule has 168 valence electrons. The molecule has 1 saturated carbocycles. The van der Waals surface area contributed by atoms with Crippen LogP contribution in [-0.4, -0.2) is 27.1 Å². The molecule has 1 heterocycles. The van der Waals surface area contributed by atoms with Gasteiger partial charge >= 0.3 is 18.0 Å². The maximum absolute atomic E-state index is 12.6. The Hall–Kier alpha value is -2.95. The molecule has 1 aromatic heterocycles. The van der Waals surface area contributed by atoms with Crippen LogP contribution < -0.4 is 22.1 Å². The highest BCUT2D eigenvalue weighted by Crippen LogP contribution is 2.32. The Kier molecular flexibility index (Phi) is 6.63. The van der Waals surface area contributed by atoms with Crippen molar-refractivity contribution in [1.29, 1.82) is 0 Å². The van der Waals surface area contributed by atoms with Crippen molar-refractivity contribution in [2.75, 3.05) is 16.4 Å². The Morgan fingerprint density at radius 1 is 1.32 bits per heavy atom. The van der Waals surface area contributed by atoms with Gasteiger partial charge in [0.2, 0.25) is 0 Å². The number of carbonyl (C=O) groups is 1. The van der Waals surface area contributed by atoms with Crippen molar-refractivity contribution in [2.45, 2.75) is 43.5 Å². The first-order chi connectivity index (χ1) is 14.6. The Morgan fingerprint density at radius 3 is 2.58 bits per heavy atom. The molecule has 0 radical (unpaired) electrons. The number of amides is 1. The van der Waals surface area contributed by atoms with Gasteiger partial charge < -0.3 is 15.8 Å². The van der Waals surface area contributed by atoms with Crippen LogP contribution in [0.3, 0.4) is 0 Å². The summed E-state index contributed by atoms with van der Waals surface area (Å²) in [4.78, 5) is 28.0. The van der Waals surface area contributed by atoms with Crippen molar-refractivity contribution in [1.82, 2.24) is 9.55 Å². The highest BCUT2D eigenvalue weighted by Gasteiger charge is 2.30. The summed E-state index contributed by atoms with van der Waals surface area (Å²) in [7, 11) is 1.47. The van der Waals surface area contributed by atoms with Crippen molar-refractivity contribution in [3.63, 3.8) is 0 Å². The van der Waals surface area contributed by atoms with E-state index in [1.807, 2.05) is 0 Å². The van der Waals surface area contributed by atoms with E-state index in [0.717, 1.165) is 31.4 Å². The molecule has 1 aliphatic carbocycles. The molecular formula is C19H21ClF3N5O3. The third-order valence-electron chi connectivity index (χ3n) is 4.96. The van der Waals surface area contributed by atoms with Crippen LogP contribution in [0.2, 0.25) is 0 Å². The van der Waals surface area contributed by atoms with Crippen LogP contribution in [-0.2, 0) is 24.6 Å². The second-order valence-electron chi connectivity index (χ2n) is 7.16. The molecule has 8 nitrogen and oxygen atoms in total. The molecule has 0 aliphatic heterocycles. The Balaban J connectivity index is 1.71. The molecule has 4 N–H and O–H groups in total. The van der Waals surface area contributed by atoms with Gasteiger partial charge in [0.25, 0.3) is 0 Å². The summed E-state index contributed by atoms with van der Waals surface area (Å²) < 4.78 is 44.2. The topological polar surface area (TPSA) is 111 Å². The number of nitrogens with one attached hydrogen (secondary N) is 2. The summed E-state index contributed by atoms with van der Waals surface area (Å²) in [5, 5.41) is 5.44. The summed E-state index contributed by atoms with van der Waals surface area (Å²) in [6.45, 7) is -0.266. The van der Waals surface area contributed by atoms with Crippen LogP contribution in [0.15, 0.2) is 29.1 Å². The average molecular weight is 460 g/mol. The number of rotatable bonds is 5. The number of nitrogens with zero attached hydrogens (tertiary/aromatic N) is 2. The van der Waals surface area contributed by atoms with Gasteiger partial charge in [0.1, 0.15) is 18.1 Å². The van der Waals surface area contributed by atoms with E-state index in [2.05, 4.69) is 15.6 Å². The van der Waals surface area contributed by atoms with E-state index in [9.17, 15) is 22.8 Å². The minimum Gasteiger partial charge on any atom is -0.444 e. The highest BCUT2D eigenvalue weighted by molar-refractivity contribution is 6.21. The van der Waals surface area contributed by atoms with Crippen LogP contribution in [0.4, 0.5) is 35.3 Å². The molecule has 3 rings (SSSR count). The van der Waals surface area contributed by atoms with Gasteiger partial charge in [-0.1, -0.05) is 12.1 Å². The molecule has 2 atom stereocenters. The average Bonchev–Trinajstić information content (AvgIpc) is 3.11. The largest absolute Gasteiger partial charge is 0.444 e. The van der Waals surface area contributed by atoms with E-state index in [-0.39, 0.29) is 35.3 Å². The van der Waals surface area contributed by atoms with E-state index >= 15 is 0 Å². The molecule has 0 unspecified atom stereocenters. The number of carbonyl (C=O) groups excluding carboxylic acids is 1. The number of nitrogens with two attached hydrogens (primary N) is 1. The maximum Gasteiger partial charge on any atom is 0.416 e. The van der Waals surface area contributed by atoms with Gasteiger partial charge in [0.05, 0.1) is 10.9 Å². The number of benzene rings is 1. The Labute approximate surface area is 180 Å². The number of hydrogen-bond acceptors (Lipinski definition) is 6. The predicted octanol–water partition coefficient (Wildman–Crippen LogP) is 3.70. The molecule has 1 aromatic carbocycles. The normalized spacial score (nSPS) is 18.6. The molecule has 0 spiro atoms. The number of nitrogen functional groups attached to an aromatic ring is 1. The van der Waals surface area contributed by atoms with E-state index in [0.29, 0.717) is 5.56 Å². The summed E-state index contributed by atoms with van der Waals surface area (Å²) in [5.41, 5.74) is 4.84. The van der Waals surface area contributed by atoms with Crippen LogP contribution in [0.25, 0.3) is 0 Å². The number of ether oxygens (including phenoxy) is 1. The molecule has 0 bridgehead atoms. The van der Waals surface area contributed by atoms with Crippen molar-refractivity contribution >= 4 is 35.0 Å². The molecular weight excluding hydrogens is 439 g/mol. The summed E-state index contributed by atoms with van der Waals surface area (Å²) in [6.07, 6.45) is -2.86. The summed E-state index contributed by atoms with van der Waals surface area (Å²) in [5.74, 6) is 0.0303. The van der Waals surface area contributed by atoms with Gasteiger partial charge in [-0.15, -0.1) is 11.6 Å². The van der Waals surface area contributed by atoms with Gasteiger partial charge in [0.15, 0.2) is 5.82 Å². The summed E-state index contributed by atoms with van der Waals surface area (Å²) in [6, 6.07) is 4.10. The summed E-state index contributed by atoms with van der Waals surface area (Å²) >= 11 is 6.30. The second kappa shape index (κ2) is 9.04. The van der Waals surface area contributed by atoms with E-state index < -0.39 is 23.5 Å². The monoisotopic (exact) mass is 459 g/mol. The fourth-order valence-electron chi connectivity index (χ4n) is 3.24. The number of hydrogen-bond donors (Lipinski definition) is 3. The number of alkyl halides is 4. The zero-order chi connectivity index (χ0) is 22.8. The third kappa shape index (κ3) is 5.40. The number of aromatic nitrogens is 2. The fraction of sp³-hybridized carbons (Fsp3) is 0.421. The van der Waals surface area contributed by atoms with Gasteiger partial charge in [-0.25, -0.2) is 9.59 Å². The van der Waals surface area contributed by atoms with Gasteiger partial charge in [-0.05, 0) is 37.0 Å². The Bertz CT molecular complexity index is 1010. The zero-order valence-electron chi connectivity index (χ0n) is 16.5.